The highest BCUT2D eigenvalue weighted by atomic mass is 32.1. The van der Waals surface area contributed by atoms with E-state index in [2.05, 4.69) is 13.8 Å². The van der Waals surface area contributed by atoms with Gasteiger partial charge in [-0.2, -0.15) is 0 Å². The molecule has 1 nitrogen and oxygen atoms in total. The van der Waals surface area contributed by atoms with Gasteiger partial charge in [0, 0.05) is 0 Å². The quantitative estimate of drug-likeness (QED) is 0.466. The molecule has 0 spiro atoms. The summed E-state index contributed by atoms with van der Waals surface area (Å²) in [6.45, 7) is 4.51. The summed E-state index contributed by atoms with van der Waals surface area (Å²) in [7, 11) is 0. The molecule has 0 amide bonds. The van der Waals surface area contributed by atoms with Crippen molar-refractivity contribution in [3.05, 3.63) is 0 Å². The zero-order valence-electron chi connectivity index (χ0n) is 8.75. The molecule has 0 fully saturated rings. The highest BCUT2D eigenvalue weighted by Gasteiger charge is 2.04. The van der Waals surface area contributed by atoms with Crippen LogP contribution in [0.15, 0.2) is 0 Å². The molecule has 0 heterocycles. The fourth-order valence-electron chi connectivity index (χ4n) is 1.37. The second-order valence-corrected chi connectivity index (χ2v) is 4.27. The van der Waals surface area contributed by atoms with E-state index in [1.54, 1.807) is 0 Å². The zero-order chi connectivity index (χ0) is 10.1. The molecule has 0 saturated carbocycles. The number of thiocarbonyl (C=S) groups is 1. The van der Waals surface area contributed by atoms with Crippen LogP contribution in [0.2, 0.25) is 0 Å². The van der Waals surface area contributed by atoms with Crippen LogP contribution in [0.5, 0.6) is 0 Å². The Morgan fingerprint density at radius 3 is 2.38 bits per heavy atom. The lowest BCUT2D eigenvalue weighted by Crippen LogP contribution is -2.02. The third kappa shape index (κ3) is 8.10. The number of hydrogen-bond donors (Lipinski definition) is 1. The first-order valence-electron chi connectivity index (χ1n) is 5.15. The molecule has 0 rings (SSSR count). The van der Waals surface area contributed by atoms with Crippen LogP contribution in [0.1, 0.15) is 46.0 Å². The standard InChI is InChI=1S/C11H21NS/c1-10(2)5-3-6-11(9-13)7-4-8-12/h8-12H,3-7H2,1-2H3. The van der Waals surface area contributed by atoms with Crippen molar-refractivity contribution >= 4 is 23.8 Å². The van der Waals surface area contributed by atoms with E-state index in [1.165, 1.54) is 25.5 Å². The Labute approximate surface area is 87.4 Å². The van der Waals surface area contributed by atoms with Crippen molar-refractivity contribution < 1.29 is 0 Å². The largest absolute Gasteiger partial charge is 0.313 e. The van der Waals surface area contributed by atoms with Gasteiger partial charge in [0.2, 0.25) is 0 Å². The molecule has 1 N–H and O–H groups in total. The Hall–Kier alpha value is -0.240. The average Bonchev–Trinajstić information content (AvgIpc) is 2.10. The van der Waals surface area contributed by atoms with Crippen LogP contribution in [0.4, 0.5) is 0 Å². The van der Waals surface area contributed by atoms with Crippen molar-refractivity contribution in [3.8, 4) is 0 Å². The van der Waals surface area contributed by atoms with Gasteiger partial charge >= 0.3 is 0 Å². The zero-order valence-corrected chi connectivity index (χ0v) is 9.57. The van der Waals surface area contributed by atoms with Crippen molar-refractivity contribution in [1.29, 1.82) is 5.41 Å². The van der Waals surface area contributed by atoms with E-state index in [0.717, 1.165) is 18.8 Å². The van der Waals surface area contributed by atoms with E-state index >= 15 is 0 Å². The fourth-order valence-corrected chi connectivity index (χ4v) is 1.64. The summed E-state index contributed by atoms with van der Waals surface area (Å²) in [4.78, 5) is 0. The maximum absolute atomic E-state index is 6.94. The molecule has 0 aromatic carbocycles. The van der Waals surface area contributed by atoms with Crippen LogP contribution < -0.4 is 0 Å². The first-order chi connectivity index (χ1) is 6.20. The molecule has 0 aliphatic carbocycles. The van der Waals surface area contributed by atoms with Gasteiger partial charge in [0.25, 0.3) is 0 Å². The van der Waals surface area contributed by atoms with Gasteiger partial charge in [-0.1, -0.05) is 38.9 Å². The van der Waals surface area contributed by atoms with Crippen molar-refractivity contribution in [1.82, 2.24) is 0 Å². The normalized spacial score (nSPS) is 12.8. The lowest BCUT2D eigenvalue weighted by Gasteiger charge is -2.10. The van der Waals surface area contributed by atoms with Gasteiger partial charge in [0.1, 0.15) is 0 Å². The van der Waals surface area contributed by atoms with E-state index < -0.39 is 0 Å². The summed E-state index contributed by atoms with van der Waals surface area (Å²) in [6, 6.07) is 0. The van der Waals surface area contributed by atoms with Crippen molar-refractivity contribution in [2.45, 2.75) is 46.0 Å². The third-order valence-electron chi connectivity index (χ3n) is 2.23. The third-order valence-corrected chi connectivity index (χ3v) is 2.62. The highest BCUT2D eigenvalue weighted by molar-refractivity contribution is 7.79. The van der Waals surface area contributed by atoms with Gasteiger partial charge in [-0.25, -0.2) is 0 Å². The number of nitrogens with one attached hydrogen (secondary N) is 1. The molecule has 0 aliphatic heterocycles. The summed E-state index contributed by atoms with van der Waals surface area (Å²) in [6.07, 6.45) is 7.19. The molecule has 0 aromatic rings. The first kappa shape index (κ1) is 12.8. The van der Waals surface area contributed by atoms with E-state index in [1.807, 2.05) is 5.37 Å². The first-order valence-corrected chi connectivity index (χ1v) is 5.62. The predicted octanol–water partition coefficient (Wildman–Crippen LogP) is 3.86. The topological polar surface area (TPSA) is 23.9 Å². The average molecular weight is 199 g/mol. The van der Waals surface area contributed by atoms with Gasteiger partial charge in [0.15, 0.2) is 0 Å². The summed E-state index contributed by atoms with van der Waals surface area (Å²) in [5, 5.41) is 8.82. The molecule has 0 aromatic heterocycles. The molecule has 76 valence electrons. The molecular formula is C11H21NS. The van der Waals surface area contributed by atoms with Crippen LogP contribution in [-0.2, 0) is 0 Å². The van der Waals surface area contributed by atoms with Gasteiger partial charge < -0.3 is 5.41 Å². The monoisotopic (exact) mass is 199 g/mol. The Balaban J connectivity index is 3.47. The van der Waals surface area contributed by atoms with Crippen LogP contribution in [0.25, 0.3) is 0 Å². The Kier molecular flexibility index (Phi) is 8.21. The molecule has 1 unspecified atom stereocenters. The Bertz CT molecular complexity index is 143. The molecule has 1 atom stereocenters. The maximum atomic E-state index is 6.94. The van der Waals surface area contributed by atoms with Crippen molar-refractivity contribution in [2.75, 3.05) is 0 Å². The molecule has 2 heteroatoms. The van der Waals surface area contributed by atoms with Crippen LogP contribution in [0, 0.1) is 17.2 Å². The summed E-state index contributed by atoms with van der Waals surface area (Å²) in [5.74, 6) is 1.35. The second kappa shape index (κ2) is 8.36. The minimum atomic E-state index is 0.551. The lowest BCUT2D eigenvalue weighted by atomic mass is 9.96. The Morgan fingerprint density at radius 1 is 1.23 bits per heavy atom. The van der Waals surface area contributed by atoms with Gasteiger partial charge in [-0.3, -0.25) is 0 Å². The lowest BCUT2D eigenvalue weighted by molar-refractivity contribution is 0.493. The molecule has 0 radical (unpaired) electrons. The van der Waals surface area contributed by atoms with Crippen LogP contribution >= 0.6 is 12.2 Å². The van der Waals surface area contributed by atoms with E-state index in [9.17, 15) is 0 Å². The predicted molar refractivity (Wildman–Crippen MR) is 63.9 cm³/mol. The molecule has 0 aliphatic rings. The molecule has 0 bridgehead atoms. The van der Waals surface area contributed by atoms with Crippen molar-refractivity contribution in [2.24, 2.45) is 11.8 Å². The van der Waals surface area contributed by atoms with E-state index in [4.69, 9.17) is 17.6 Å². The number of rotatable bonds is 8. The van der Waals surface area contributed by atoms with Gasteiger partial charge in [-0.05, 0) is 42.7 Å². The Morgan fingerprint density at radius 2 is 1.92 bits per heavy atom. The van der Waals surface area contributed by atoms with Gasteiger partial charge in [-0.15, -0.1) is 0 Å². The second-order valence-electron chi connectivity index (χ2n) is 4.00. The van der Waals surface area contributed by atoms with Crippen molar-refractivity contribution in [3.63, 3.8) is 0 Å². The molecule has 13 heavy (non-hydrogen) atoms. The fraction of sp³-hybridized carbons (Fsp3) is 0.818. The molecule has 0 saturated heterocycles. The number of hydrogen-bond acceptors (Lipinski definition) is 2. The van der Waals surface area contributed by atoms with Crippen LogP contribution in [0.3, 0.4) is 0 Å². The van der Waals surface area contributed by atoms with E-state index in [0.29, 0.717) is 5.92 Å². The smallest absolute Gasteiger partial charge is 0.00475 e. The highest BCUT2D eigenvalue weighted by Crippen LogP contribution is 2.15. The minimum absolute atomic E-state index is 0.551. The summed E-state index contributed by atoms with van der Waals surface area (Å²) >= 11 is 4.97. The summed E-state index contributed by atoms with van der Waals surface area (Å²) in [5.41, 5.74) is 0. The SMILES string of the molecule is CC(C)CCCC(C=S)CCC=N. The van der Waals surface area contributed by atoms with Crippen LogP contribution in [-0.4, -0.2) is 11.6 Å². The van der Waals surface area contributed by atoms with Gasteiger partial charge in [0.05, 0.1) is 0 Å². The maximum Gasteiger partial charge on any atom is -0.00475 e. The summed E-state index contributed by atoms with van der Waals surface area (Å²) < 4.78 is 0. The molecular weight excluding hydrogens is 178 g/mol. The minimum Gasteiger partial charge on any atom is -0.313 e. The van der Waals surface area contributed by atoms with E-state index in [-0.39, 0.29) is 0 Å².